The van der Waals surface area contributed by atoms with Gasteiger partial charge < -0.3 is 5.73 Å². The van der Waals surface area contributed by atoms with Crippen molar-refractivity contribution in [2.45, 2.75) is 38.7 Å². The van der Waals surface area contributed by atoms with Crippen LogP contribution in [0.3, 0.4) is 0 Å². The van der Waals surface area contributed by atoms with Gasteiger partial charge in [0.05, 0.1) is 5.41 Å². The van der Waals surface area contributed by atoms with E-state index in [1.54, 1.807) is 12.1 Å². The Balaban J connectivity index is 1.67. The van der Waals surface area contributed by atoms with Gasteiger partial charge in [0.2, 0.25) is 0 Å². The van der Waals surface area contributed by atoms with Gasteiger partial charge in [-0.3, -0.25) is 14.4 Å². The first-order chi connectivity index (χ1) is 9.61. The second-order valence-corrected chi connectivity index (χ2v) is 5.67. The van der Waals surface area contributed by atoms with Crippen LogP contribution in [0, 0.1) is 5.41 Å². The van der Waals surface area contributed by atoms with Crippen molar-refractivity contribution < 1.29 is 14.4 Å². The van der Waals surface area contributed by atoms with Gasteiger partial charge in [0, 0.05) is 12.1 Å². The third-order valence-electron chi connectivity index (χ3n) is 4.25. The number of hydroxylamine groups is 2. The zero-order valence-electron chi connectivity index (χ0n) is 11.3. The minimum atomic E-state index is -0.474. The maximum absolute atomic E-state index is 12.4. The van der Waals surface area contributed by atoms with Crippen molar-refractivity contribution in [3.8, 4) is 0 Å². The standard InChI is InChI=1S/C15H18N2O3/c16-12-5-3-11(4-6-12)10-20-17-13(18)9-15(14(17)19)7-1-2-8-15/h3-6H,1-2,7-10,16H2. The third kappa shape index (κ3) is 2.18. The largest absolute Gasteiger partial charge is 0.399 e. The van der Waals surface area contributed by atoms with Crippen LogP contribution in [0.2, 0.25) is 0 Å². The van der Waals surface area contributed by atoms with Gasteiger partial charge in [0.15, 0.2) is 0 Å². The number of nitrogens with two attached hydrogens (primary N) is 1. The highest BCUT2D eigenvalue weighted by Gasteiger charge is 2.53. The third-order valence-corrected chi connectivity index (χ3v) is 4.25. The van der Waals surface area contributed by atoms with E-state index in [1.807, 2.05) is 12.1 Å². The van der Waals surface area contributed by atoms with Gasteiger partial charge >= 0.3 is 0 Å². The molecule has 2 amide bonds. The molecule has 1 aliphatic heterocycles. The SMILES string of the molecule is Nc1ccc(CON2C(=O)CC3(CCCC3)C2=O)cc1. The van der Waals surface area contributed by atoms with Crippen LogP contribution in [0.15, 0.2) is 24.3 Å². The molecule has 1 spiro atoms. The lowest BCUT2D eigenvalue weighted by Crippen LogP contribution is -2.34. The first kappa shape index (κ1) is 13.1. The van der Waals surface area contributed by atoms with E-state index in [-0.39, 0.29) is 18.4 Å². The molecule has 0 aromatic heterocycles. The Kier molecular flexibility index (Phi) is 3.22. The highest BCUT2D eigenvalue weighted by molar-refractivity contribution is 6.04. The fourth-order valence-corrected chi connectivity index (χ4v) is 3.09. The number of hydrogen-bond donors (Lipinski definition) is 1. The van der Waals surface area contributed by atoms with Crippen molar-refractivity contribution in [2.75, 3.05) is 5.73 Å². The molecule has 1 aliphatic carbocycles. The summed E-state index contributed by atoms with van der Waals surface area (Å²) < 4.78 is 0. The van der Waals surface area contributed by atoms with Crippen LogP contribution < -0.4 is 5.73 Å². The number of anilines is 1. The predicted molar refractivity (Wildman–Crippen MR) is 73.0 cm³/mol. The normalized spacial score (nSPS) is 21.1. The molecule has 20 heavy (non-hydrogen) atoms. The fraction of sp³-hybridized carbons (Fsp3) is 0.467. The van der Waals surface area contributed by atoms with E-state index < -0.39 is 5.41 Å². The Bertz CT molecular complexity index is 533. The summed E-state index contributed by atoms with van der Waals surface area (Å²) in [5, 5.41) is 0.974. The monoisotopic (exact) mass is 274 g/mol. The second-order valence-electron chi connectivity index (χ2n) is 5.67. The molecule has 2 aliphatic rings. The number of nitrogen functional groups attached to an aromatic ring is 1. The number of nitrogens with zero attached hydrogens (tertiary/aromatic N) is 1. The highest BCUT2D eigenvalue weighted by Crippen LogP contribution is 2.46. The lowest BCUT2D eigenvalue weighted by molar-refractivity contribution is -0.194. The summed E-state index contributed by atoms with van der Waals surface area (Å²) in [5.41, 5.74) is 6.69. The Labute approximate surface area is 117 Å². The summed E-state index contributed by atoms with van der Waals surface area (Å²) in [6.45, 7) is 0.202. The predicted octanol–water partition coefficient (Wildman–Crippen LogP) is 2.02. The molecule has 0 radical (unpaired) electrons. The van der Waals surface area contributed by atoms with Crippen LogP contribution in [-0.2, 0) is 21.0 Å². The topological polar surface area (TPSA) is 72.6 Å². The molecule has 1 saturated heterocycles. The minimum absolute atomic E-state index is 0.157. The Morgan fingerprint density at radius 3 is 2.45 bits per heavy atom. The van der Waals surface area contributed by atoms with Gasteiger partial charge in [-0.1, -0.05) is 25.0 Å². The van der Waals surface area contributed by atoms with Gasteiger partial charge in [-0.05, 0) is 30.5 Å². The summed E-state index contributed by atoms with van der Waals surface area (Å²) in [7, 11) is 0. The molecule has 2 N–H and O–H groups in total. The molecule has 5 heteroatoms. The number of benzene rings is 1. The minimum Gasteiger partial charge on any atom is -0.399 e. The molecular formula is C15H18N2O3. The average Bonchev–Trinajstić information content (AvgIpc) is 2.98. The van der Waals surface area contributed by atoms with Gasteiger partial charge in [-0.15, -0.1) is 0 Å². The van der Waals surface area contributed by atoms with Crippen molar-refractivity contribution in [2.24, 2.45) is 5.41 Å². The molecule has 0 atom stereocenters. The van der Waals surface area contributed by atoms with Gasteiger partial charge in [0.25, 0.3) is 11.8 Å². The van der Waals surface area contributed by atoms with E-state index in [0.29, 0.717) is 12.1 Å². The molecule has 3 rings (SSSR count). The number of amides is 2. The summed E-state index contributed by atoms with van der Waals surface area (Å²) in [5.74, 6) is -0.372. The molecule has 0 unspecified atom stereocenters. The van der Waals surface area contributed by atoms with Crippen molar-refractivity contribution in [1.82, 2.24) is 5.06 Å². The Morgan fingerprint density at radius 2 is 1.80 bits per heavy atom. The zero-order chi connectivity index (χ0) is 14.2. The number of hydrogen-bond acceptors (Lipinski definition) is 4. The maximum Gasteiger partial charge on any atom is 0.260 e. The van der Waals surface area contributed by atoms with Gasteiger partial charge in [-0.25, -0.2) is 0 Å². The van der Waals surface area contributed by atoms with Crippen LogP contribution >= 0.6 is 0 Å². The van der Waals surface area contributed by atoms with Crippen LogP contribution in [-0.4, -0.2) is 16.9 Å². The van der Waals surface area contributed by atoms with E-state index in [9.17, 15) is 9.59 Å². The highest BCUT2D eigenvalue weighted by atomic mass is 16.7. The molecule has 5 nitrogen and oxygen atoms in total. The van der Waals surface area contributed by atoms with Crippen molar-refractivity contribution in [1.29, 1.82) is 0 Å². The molecular weight excluding hydrogens is 256 g/mol. The Morgan fingerprint density at radius 1 is 1.15 bits per heavy atom. The summed E-state index contributed by atoms with van der Waals surface area (Å²) >= 11 is 0. The van der Waals surface area contributed by atoms with Crippen LogP contribution in [0.1, 0.15) is 37.7 Å². The fourth-order valence-electron chi connectivity index (χ4n) is 3.09. The Hall–Kier alpha value is -1.88. The molecule has 2 fully saturated rings. The zero-order valence-corrected chi connectivity index (χ0v) is 11.3. The summed E-state index contributed by atoms with van der Waals surface area (Å²) in [6.07, 6.45) is 3.95. The van der Waals surface area contributed by atoms with E-state index in [2.05, 4.69) is 0 Å². The lowest BCUT2D eigenvalue weighted by atomic mass is 9.85. The van der Waals surface area contributed by atoms with Crippen LogP contribution in [0.4, 0.5) is 5.69 Å². The molecule has 1 aromatic rings. The van der Waals surface area contributed by atoms with Gasteiger partial charge in [-0.2, -0.15) is 5.06 Å². The van der Waals surface area contributed by atoms with Crippen LogP contribution in [0.5, 0.6) is 0 Å². The van der Waals surface area contributed by atoms with Crippen molar-refractivity contribution in [3.05, 3.63) is 29.8 Å². The summed E-state index contributed by atoms with van der Waals surface area (Å²) in [4.78, 5) is 29.8. The smallest absolute Gasteiger partial charge is 0.260 e. The summed E-state index contributed by atoms with van der Waals surface area (Å²) in [6, 6.07) is 7.19. The van der Waals surface area contributed by atoms with E-state index in [4.69, 9.17) is 10.6 Å². The lowest BCUT2D eigenvalue weighted by Gasteiger charge is -2.20. The number of rotatable bonds is 3. The molecule has 106 valence electrons. The molecule has 1 saturated carbocycles. The van der Waals surface area contributed by atoms with Crippen molar-refractivity contribution >= 4 is 17.5 Å². The average molecular weight is 274 g/mol. The van der Waals surface area contributed by atoms with E-state index in [1.165, 1.54) is 0 Å². The number of imide groups is 1. The quantitative estimate of drug-likeness (QED) is 0.676. The van der Waals surface area contributed by atoms with E-state index >= 15 is 0 Å². The molecule has 1 aromatic carbocycles. The van der Waals surface area contributed by atoms with E-state index in [0.717, 1.165) is 36.3 Å². The van der Waals surface area contributed by atoms with Crippen molar-refractivity contribution in [3.63, 3.8) is 0 Å². The van der Waals surface area contributed by atoms with Gasteiger partial charge in [0.1, 0.15) is 6.61 Å². The molecule has 0 bridgehead atoms. The molecule has 1 heterocycles. The second kappa shape index (κ2) is 4.90. The maximum atomic E-state index is 12.4. The number of carbonyl (C=O) groups excluding carboxylic acids is 2. The first-order valence-corrected chi connectivity index (χ1v) is 6.95. The first-order valence-electron chi connectivity index (χ1n) is 6.95. The van der Waals surface area contributed by atoms with Crippen LogP contribution in [0.25, 0.3) is 0 Å². The number of carbonyl (C=O) groups is 2.